The average Bonchev–Trinajstić information content (AvgIpc) is 2.98. The normalized spacial score (nSPS) is 24.8. The second-order valence-electron chi connectivity index (χ2n) is 7.49. The van der Waals surface area contributed by atoms with E-state index in [2.05, 4.69) is 30.5 Å². The molecule has 0 amide bonds. The first-order chi connectivity index (χ1) is 13.1. The van der Waals surface area contributed by atoms with Crippen molar-refractivity contribution < 1.29 is 9.50 Å². The van der Waals surface area contributed by atoms with Gasteiger partial charge in [0.05, 0.1) is 18.0 Å². The van der Waals surface area contributed by atoms with E-state index in [-0.39, 0.29) is 5.82 Å². The third-order valence-corrected chi connectivity index (χ3v) is 5.42. The molecule has 8 nitrogen and oxygen atoms in total. The molecular weight excluding hydrogens is 349 g/mol. The SMILES string of the molecule is OC1CN(c2ncc(Nc3nccc(N4C[C@H]5CC[C@@H](C4)N5)n3)cc2F)C1. The quantitative estimate of drug-likeness (QED) is 0.730. The number of aliphatic hydroxyl groups excluding tert-OH is 1. The van der Waals surface area contributed by atoms with Gasteiger partial charge in [0.25, 0.3) is 0 Å². The molecule has 2 atom stereocenters. The van der Waals surface area contributed by atoms with Crippen molar-refractivity contribution in [3.8, 4) is 0 Å². The van der Waals surface area contributed by atoms with E-state index in [0.29, 0.717) is 36.8 Å². The lowest BCUT2D eigenvalue weighted by molar-refractivity contribution is 0.140. The predicted octanol–water partition coefficient (Wildman–Crippen LogP) is 0.876. The highest BCUT2D eigenvalue weighted by molar-refractivity contribution is 5.57. The molecule has 9 heteroatoms. The van der Waals surface area contributed by atoms with Crippen LogP contribution in [0, 0.1) is 5.82 Å². The van der Waals surface area contributed by atoms with Gasteiger partial charge in [0, 0.05) is 50.5 Å². The summed E-state index contributed by atoms with van der Waals surface area (Å²) in [7, 11) is 0. The fourth-order valence-electron chi connectivity index (χ4n) is 4.06. The zero-order valence-electron chi connectivity index (χ0n) is 14.8. The zero-order chi connectivity index (χ0) is 18.4. The molecule has 2 bridgehead atoms. The number of pyridine rings is 1. The largest absolute Gasteiger partial charge is 0.389 e. The smallest absolute Gasteiger partial charge is 0.229 e. The lowest BCUT2D eigenvalue weighted by Gasteiger charge is -2.36. The Morgan fingerprint density at radius 3 is 2.59 bits per heavy atom. The van der Waals surface area contributed by atoms with Crippen LogP contribution in [-0.4, -0.2) is 64.4 Å². The van der Waals surface area contributed by atoms with Gasteiger partial charge >= 0.3 is 0 Å². The summed E-state index contributed by atoms with van der Waals surface area (Å²) < 4.78 is 14.3. The molecule has 2 aromatic rings. The zero-order valence-corrected chi connectivity index (χ0v) is 14.8. The predicted molar refractivity (Wildman–Crippen MR) is 99.9 cm³/mol. The molecule has 3 saturated heterocycles. The number of rotatable bonds is 4. The molecule has 0 aliphatic carbocycles. The van der Waals surface area contributed by atoms with Crippen LogP contribution < -0.4 is 20.4 Å². The number of β-amino-alcohol motifs (C(OH)–C–C–N with tert-alkyl or cyclic N) is 1. The summed E-state index contributed by atoms with van der Waals surface area (Å²) in [5.41, 5.74) is 0.495. The van der Waals surface area contributed by atoms with Gasteiger partial charge in [-0.15, -0.1) is 0 Å². The number of aromatic nitrogens is 3. The first-order valence-electron chi connectivity index (χ1n) is 9.34. The van der Waals surface area contributed by atoms with Gasteiger partial charge in [-0.1, -0.05) is 0 Å². The Hall–Kier alpha value is -2.52. The summed E-state index contributed by atoms with van der Waals surface area (Å²) in [6.45, 7) is 2.71. The summed E-state index contributed by atoms with van der Waals surface area (Å²) in [6.07, 6.45) is 5.30. The third-order valence-electron chi connectivity index (χ3n) is 5.42. The van der Waals surface area contributed by atoms with Gasteiger partial charge in [0.15, 0.2) is 11.6 Å². The molecule has 0 spiro atoms. The fourth-order valence-corrected chi connectivity index (χ4v) is 4.06. The maximum Gasteiger partial charge on any atom is 0.229 e. The molecule has 0 unspecified atom stereocenters. The van der Waals surface area contributed by atoms with Crippen LogP contribution in [0.15, 0.2) is 24.5 Å². The van der Waals surface area contributed by atoms with E-state index in [1.54, 1.807) is 17.3 Å². The summed E-state index contributed by atoms with van der Waals surface area (Å²) >= 11 is 0. The fraction of sp³-hybridized carbons (Fsp3) is 0.500. The van der Waals surface area contributed by atoms with Gasteiger partial charge < -0.3 is 25.5 Å². The number of aliphatic hydroxyl groups is 1. The molecule has 2 aromatic heterocycles. The Labute approximate surface area is 156 Å². The standard InChI is InChI=1S/C18H22FN7O/c19-15-5-13(6-21-17(15)26-9-14(27)10-26)23-18-20-4-3-16(24-18)25-7-11-1-2-12(8-25)22-11/h3-6,11-12,14,22,27H,1-2,7-10H2,(H,20,23,24)/t11-,12+. The van der Waals surface area contributed by atoms with Crippen molar-refractivity contribution in [1.82, 2.24) is 20.3 Å². The first-order valence-corrected chi connectivity index (χ1v) is 9.34. The van der Waals surface area contributed by atoms with Gasteiger partial charge in [-0.3, -0.25) is 0 Å². The van der Waals surface area contributed by atoms with Crippen LogP contribution in [0.4, 0.5) is 27.7 Å². The lowest BCUT2D eigenvalue weighted by atomic mass is 10.1. The second kappa shape index (κ2) is 6.58. The molecule has 27 heavy (non-hydrogen) atoms. The molecule has 142 valence electrons. The number of anilines is 4. The lowest BCUT2D eigenvalue weighted by Crippen LogP contribution is -2.51. The third kappa shape index (κ3) is 3.28. The van der Waals surface area contributed by atoms with Gasteiger partial charge in [-0.05, 0) is 18.9 Å². The number of nitrogens with zero attached hydrogens (tertiary/aromatic N) is 5. The van der Waals surface area contributed by atoms with Crippen molar-refractivity contribution >= 4 is 23.3 Å². The van der Waals surface area contributed by atoms with Crippen molar-refractivity contribution in [1.29, 1.82) is 0 Å². The second-order valence-corrected chi connectivity index (χ2v) is 7.49. The number of halogens is 1. The summed E-state index contributed by atoms with van der Waals surface area (Å²) in [6, 6.07) is 4.35. The molecule has 3 aliphatic rings. The molecule has 3 N–H and O–H groups in total. The van der Waals surface area contributed by atoms with E-state index in [4.69, 9.17) is 0 Å². The van der Waals surface area contributed by atoms with Gasteiger partial charge in [0.1, 0.15) is 5.82 Å². The highest BCUT2D eigenvalue weighted by atomic mass is 19.1. The van der Waals surface area contributed by atoms with Gasteiger partial charge in [-0.2, -0.15) is 4.98 Å². The van der Waals surface area contributed by atoms with Crippen molar-refractivity contribution in [2.75, 3.05) is 41.3 Å². The van der Waals surface area contributed by atoms with Crippen LogP contribution in [0.5, 0.6) is 0 Å². The summed E-state index contributed by atoms with van der Waals surface area (Å²) in [5, 5.41) is 16.0. The Morgan fingerprint density at radius 1 is 1.11 bits per heavy atom. The minimum Gasteiger partial charge on any atom is -0.389 e. The van der Waals surface area contributed by atoms with Crippen LogP contribution in [0.25, 0.3) is 0 Å². The van der Waals surface area contributed by atoms with E-state index in [0.717, 1.165) is 18.9 Å². The number of hydrogen-bond donors (Lipinski definition) is 3. The van der Waals surface area contributed by atoms with E-state index < -0.39 is 11.9 Å². The van der Waals surface area contributed by atoms with Crippen LogP contribution in [0.3, 0.4) is 0 Å². The van der Waals surface area contributed by atoms with Crippen molar-refractivity contribution in [2.24, 2.45) is 0 Å². The van der Waals surface area contributed by atoms with Crippen LogP contribution in [0.2, 0.25) is 0 Å². The van der Waals surface area contributed by atoms with Crippen molar-refractivity contribution in [3.05, 3.63) is 30.3 Å². The number of fused-ring (bicyclic) bond motifs is 2. The average molecular weight is 371 g/mol. The summed E-state index contributed by atoms with van der Waals surface area (Å²) in [5.74, 6) is 1.13. The first kappa shape index (κ1) is 16.6. The maximum absolute atomic E-state index is 14.3. The van der Waals surface area contributed by atoms with Gasteiger partial charge in [0.2, 0.25) is 5.95 Å². The van der Waals surface area contributed by atoms with E-state index >= 15 is 0 Å². The Kier molecular flexibility index (Phi) is 4.05. The van der Waals surface area contributed by atoms with E-state index in [1.165, 1.54) is 18.9 Å². The molecule has 0 radical (unpaired) electrons. The molecule has 5 rings (SSSR count). The van der Waals surface area contributed by atoms with E-state index in [9.17, 15) is 9.50 Å². The van der Waals surface area contributed by atoms with Crippen LogP contribution >= 0.6 is 0 Å². The molecule has 3 fully saturated rings. The van der Waals surface area contributed by atoms with Crippen molar-refractivity contribution in [3.63, 3.8) is 0 Å². The minimum atomic E-state index is -0.429. The minimum absolute atomic E-state index is 0.261. The van der Waals surface area contributed by atoms with Crippen molar-refractivity contribution in [2.45, 2.75) is 31.0 Å². The molecule has 0 aromatic carbocycles. The summed E-state index contributed by atoms with van der Waals surface area (Å²) in [4.78, 5) is 17.0. The van der Waals surface area contributed by atoms with Gasteiger partial charge in [-0.25, -0.2) is 14.4 Å². The van der Waals surface area contributed by atoms with Crippen LogP contribution in [-0.2, 0) is 0 Å². The Bertz CT molecular complexity index is 832. The topological polar surface area (TPSA) is 89.4 Å². The highest BCUT2D eigenvalue weighted by Gasteiger charge is 2.32. The van der Waals surface area contributed by atoms with E-state index in [1.807, 2.05) is 6.07 Å². The Balaban J connectivity index is 1.30. The Morgan fingerprint density at radius 2 is 1.89 bits per heavy atom. The van der Waals surface area contributed by atoms with Crippen LogP contribution in [0.1, 0.15) is 12.8 Å². The maximum atomic E-state index is 14.3. The molecule has 0 saturated carbocycles. The highest BCUT2D eigenvalue weighted by Crippen LogP contribution is 2.26. The molecule has 3 aliphatic heterocycles. The number of nitrogens with one attached hydrogen (secondary N) is 2. The monoisotopic (exact) mass is 371 g/mol. The number of piperazine rings is 1. The molecular formula is C18H22FN7O. The molecule has 5 heterocycles. The number of hydrogen-bond acceptors (Lipinski definition) is 8.